The maximum atomic E-state index is 13.5. The standard InChI is InChI=1S/C22H20ClNO9/c1-4-30-20(29)13-9-12(5-6-14(13)23)24-18(27)16-15-7-8-22(33-15,17(16)19(24)28)21(31-10(2)25)32-11(3)26/h5-9,15-17,21H,4H2,1-3H3/t15-,16-,17-,22-/m1/s1. The molecule has 0 unspecified atom stereocenters. The highest BCUT2D eigenvalue weighted by Gasteiger charge is 2.72. The van der Waals surface area contributed by atoms with Crippen LogP contribution in [0.3, 0.4) is 0 Å². The van der Waals surface area contributed by atoms with Crippen LogP contribution in [0.2, 0.25) is 5.02 Å². The molecule has 33 heavy (non-hydrogen) atoms. The van der Waals surface area contributed by atoms with Crippen LogP contribution in [0.15, 0.2) is 30.4 Å². The molecule has 0 spiro atoms. The SMILES string of the molecule is CCOC(=O)c1cc(N2C(=O)[C@@H]3[C@H]4C=C[C@@](C(OC(C)=O)OC(C)=O)(O4)[C@H]3C2=O)ccc1Cl. The molecule has 174 valence electrons. The van der Waals surface area contributed by atoms with E-state index in [0.29, 0.717) is 0 Å². The zero-order valence-corrected chi connectivity index (χ0v) is 18.7. The summed E-state index contributed by atoms with van der Waals surface area (Å²) in [6.07, 6.45) is 0.695. The zero-order chi connectivity index (χ0) is 24.1. The van der Waals surface area contributed by atoms with Crippen molar-refractivity contribution in [2.75, 3.05) is 11.5 Å². The van der Waals surface area contributed by atoms with Gasteiger partial charge in [-0.25, -0.2) is 9.69 Å². The van der Waals surface area contributed by atoms with Crippen molar-refractivity contribution in [1.82, 2.24) is 0 Å². The number of ether oxygens (including phenoxy) is 4. The van der Waals surface area contributed by atoms with E-state index in [1.807, 2.05) is 0 Å². The lowest BCUT2D eigenvalue weighted by atomic mass is 9.76. The van der Waals surface area contributed by atoms with Crippen LogP contribution in [0.4, 0.5) is 5.69 Å². The number of carbonyl (C=O) groups excluding carboxylic acids is 5. The summed E-state index contributed by atoms with van der Waals surface area (Å²) in [7, 11) is 0. The van der Waals surface area contributed by atoms with Crippen LogP contribution >= 0.6 is 11.6 Å². The Bertz CT molecular complexity index is 1080. The number of rotatable bonds is 6. The average Bonchev–Trinajstić information content (AvgIpc) is 3.39. The van der Waals surface area contributed by atoms with Gasteiger partial charge >= 0.3 is 17.9 Å². The highest BCUT2D eigenvalue weighted by molar-refractivity contribution is 6.34. The Balaban J connectivity index is 1.73. The lowest BCUT2D eigenvalue weighted by Crippen LogP contribution is -2.52. The summed E-state index contributed by atoms with van der Waals surface area (Å²) >= 11 is 6.10. The number of imide groups is 1. The minimum Gasteiger partial charge on any atom is -0.462 e. The molecule has 0 saturated carbocycles. The summed E-state index contributed by atoms with van der Waals surface area (Å²) in [5.41, 5.74) is -1.54. The maximum Gasteiger partial charge on any atom is 0.339 e. The summed E-state index contributed by atoms with van der Waals surface area (Å²) in [6.45, 7) is 3.99. The van der Waals surface area contributed by atoms with Gasteiger partial charge in [0.25, 0.3) is 6.29 Å². The van der Waals surface area contributed by atoms with Crippen molar-refractivity contribution in [1.29, 1.82) is 0 Å². The van der Waals surface area contributed by atoms with Crippen molar-refractivity contribution in [2.24, 2.45) is 11.8 Å². The molecule has 4 rings (SSSR count). The maximum absolute atomic E-state index is 13.5. The predicted molar refractivity (Wildman–Crippen MR) is 111 cm³/mol. The monoisotopic (exact) mass is 477 g/mol. The fourth-order valence-corrected chi connectivity index (χ4v) is 4.68. The first-order valence-corrected chi connectivity index (χ1v) is 10.5. The lowest BCUT2D eigenvalue weighted by molar-refractivity contribution is -0.226. The molecule has 2 bridgehead atoms. The minimum absolute atomic E-state index is 0.00145. The number of hydrogen-bond donors (Lipinski definition) is 0. The molecule has 2 amide bonds. The van der Waals surface area contributed by atoms with E-state index in [4.69, 9.17) is 30.5 Å². The van der Waals surface area contributed by atoms with Crippen molar-refractivity contribution in [3.05, 3.63) is 40.9 Å². The van der Waals surface area contributed by atoms with Crippen LogP contribution in [0.1, 0.15) is 31.1 Å². The Morgan fingerprint density at radius 2 is 1.82 bits per heavy atom. The first kappa shape index (κ1) is 22.9. The fourth-order valence-electron chi connectivity index (χ4n) is 4.49. The smallest absolute Gasteiger partial charge is 0.339 e. The van der Waals surface area contributed by atoms with Gasteiger partial charge in [-0.2, -0.15) is 0 Å². The number of benzene rings is 1. The molecule has 1 aromatic rings. The van der Waals surface area contributed by atoms with Crippen molar-refractivity contribution < 1.29 is 42.9 Å². The second kappa shape index (κ2) is 8.27. The lowest BCUT2D eigenvalue weighted by Gasteiger charge is -2.34. The van der Waals surface area contributed by atoms with Gasteiger partial charge in [-0.15, -0.1) is 0 Å². The molecule has 11 heteroatoms. The van der Waals surface area contributed by atoms with E-state index in [1.165, 1.54) is 24.3 Å². The highest BCUT2D eigenvalue weighted by Crippen LogP contribution is 2.54. The Morgan fingerprint density at radius 1 is 1.15 bits per heavy atom. The Kier molecular flexibility index (Phi) is 5.75. The summed E-state index contributed by atoms with van der Waals surface area (Å²) in [5, 5.41) is 0.0998. The third-order valence-corrected chi connectivity index (χ3v) is 6.03. The van der Waals surface area contributed by atoms with Gasteiger partial charge in [0.1, 0.15) is 0 Å². The van der Waals surface area contributed by atoms with Gasteiger partial charge in [0.15, 0.2) is 5.60 Å². The van der Waals surface area contributed by atoms with Crippen LogP contribution in [0.5, 0.6) is 0 Å². The van der Waals surface area contributed by atoms with Crippen LogP contribution in [0, 0.1) is 11.8 Å². The number of carbonyl (C=O) groups is 5. The molecule has 0 aromatic heterocycles. The van der Waals surface area contributed by atoms with E-state index in [-0.39, 0.29) is 22.9 Å². The van der Waals surface area contributed by atoms with E-state index in [2.05, 4.69) is 0 Å². The van der Waals surface area contributed by atoms with E-state index in [0.717, 1.165) is 18.7 Å². The third kappa shape index (κ3) is 3.59. The van der Waals surface area contributed by atoms with Crippen LogP contribution < -0.4 is 4.90 Å². The second-order valence-electron chi connectivity index (χ2n) is 7.75. The molecule has 4 atom stereocenters. The number of hydrogen-bond acceptors (Lipinski definition) is 9. The van der Waals surface area contributed by atoms with Gasteiger partial charge in [0.2, 0.25) is 11.8 Å². The first-order chi connectivity index (χ1) is 15.6. The number of fused-ring (bicyclic) bond motifs is 5. The number of esters is 3. The number of nitrogens with zero attached hydrogens (tertiary/aromatic N) is 1. The summed E-state index contributed by atoms with van der Waals surface area (Å²) < 4.78 is 21.2. The Labute approximate surface area is 193 Å². The second-order valence-corrected chi connectivity index (χ2v) is 8.15. The predicted octanol–water partition coefficient (Wildman–Crippen LogP) is 1.78. The molecule has 10 nitrogen and oxygen atoms in total. The average molecular weight is 478 g/mol. The van der Waals surface area contributed by atoms with Crippen molar-refractivity contribution in [2.45, 2.75) is 38.8 Å². The molecule has 0 aliphatic carbocycles. The van der Waals surface area contributed by atoms with Gasteiger partial charge in [-0.05, 0) is 31.2 Å². The minimum atomic E-state index is -1.66. The molecular formula is C22H20ClNO9. The molecule has 2 fully saturated rings. The van der Waals surface area contributed by atoms with E-state index in [1.54, 1.807) is 13.0 Å². The molecular weight excluding hydrogens is 458 g/mol. The quantitative estimate of drug-likeness (QED) is 0.261. The van der Waals surface area contributed by atoms with E-state index in [9.17, 15) is 24.0 Å². The van der Waals surface area contributed by atoms with Gasteiger partial charge in [-0.3, -0.25) is 19.2 Å². The summed E-state index contributed by atoms with van der Waals surface area (Å²) in [4.78, 5) is 63.3. The molecule has 3 aliphatic rings. The number of amides is 2. The molecule has 3 aliphatic heterocycles. The Hall–Kier alpha value is -3.24. The molecule has 2 saturated heterocycles. The van der Waals surface area contributed by atoms with Crippen molar-refractivity contribution in [3.63, 3.8) is 0 Å². The Morgan fingerprint density at radius 3 is 2.42 bits per heavy atom. The number of anilines is 1. The van der Waals surface area contributed by atoms with Crippen molar-refractivity contribution in [3.8, 4) is 0 Å². The van der Waals surface area contributed by atoms with Crippen LogP contribution in [-0.2, 0) is 38.1 Å². The number of halogens is 1. The largest absolute Gasteiger partial charge is 0.462 e. The van der Waals surface area contributed by atoms with Crippen molar-refractivity contribution >= 4 is 47.0 Å². The van der Waals surface area contributed by atoms with Crippen LogP contribution in [0.25, 0.3) is 0 Å². The topological polar surface area (TPSA) is 126 Å². The molecule has 1 aromatic carbocycles. The zero-order valence-electron chi connectivity index (χ0n) is 17.9. The van der Waals surface area contributed by atoms with Gasteiger partial charge in [0.05, 0.1) is 40.8 Å². The molecule has 0 N–H and O–H groups in total. The first-order valence-electron chi connectivity index (χ1n) is 10.2. The van der Waals surface area contributed by atoms with E-state index < -0.39 is 59.6 Å². The molecule has 3 heterocycles. The van der Waals surface area contributed by atoms with Gasteiger partial charge < -0.3 is 18.9 Å². The highest BCUT2D eigenvalue weighted by atomic mass is 35.5. The van der Waals surface area contributed by atoms with E-state index >= 15 is 0 Å². The van der Waals surface area contributed by atoms with Gasteiger partial charge in [-0.1, -0.05) is 17.7 Å². The third-order valence-electron chi connectivity index (χ3n) is 5.70. The normalized spacial score (nSPS) is 27.2. The van der Waals surface area contributed by atoms with Crippen LogP contribution in [-0.4, -0.2) is 54.3 Å². The summed E-state index contributed by atoms with van der Waals surface area (Å²) in [5.74, 6) is -5.49. The fraction of sp³-hybridized carbons (Fsp3) is 0.409. The molecule has 0 radical (unpaired) electrons. The van der Waals surface area contributed by atoms with Gasteiger partial charge in [0, 0.05) is 13.8 Å². The summed E-state index contributed by atoms with van der Waals surface area (Å²) in [6, 6.07) is 4.12.